The number of rotatable bonds is 7. The Morgan fingerprint density at radius 2 is 1.77 bits per heavy atom. The van der Waals surface area contributed by atoms with Crippen molar-refractivity contribution in [3.63, 3.8) is 0 Å². The van der Waals surface area contributed by atoms with Gasteiger partial charge in [-0.25, -0.2) is 9.37 Å². The fourth-order valence-electron chi connectivity index (χ4n) is 3.16. The highest BCUT2D eigenvalue weighted by Gasteiger charge is 2.17. The van der Waals surface area contributed by atoms with E-state index >= 15 is 0 Å². The van der Waals surface area contributed by atoms with Crippen LogP contribution in [-0.2, 0) is 6.54 Å². The van der Waals surface area contributed by atoms with Crippen molar-refractivity contribution in [3.05, 3.63) is 95.9 Å². The summed E-state index contributed by atoms with van der Waals surface area (Å²) in [6.07, 6.45) is 1.64. The zero-order chi connectivity index (χ0) is 21.6. The quantitative estimate of drug-likeness (QED) is 0.434. The van der Waals surface area contributed by atoms with E-state index in [9.17, 15) is 9.18 Å². The molecule has 0 fully saturated rings. The van der Waals surface area contributed by atoms with E-state index in [0.717, 1.165) is 16.9 Å². The molecule has 1 aromatic heterocycles. The summed E-state index contributed by atoms with van der Waals surface area (Å²) < 4.78 is 24.5. The third kappa shape index (κ3) is 4.80. The largest absolute Gasteiger partial charge is 0.494 e. The van der Waals surface area contributed by atoms with Crippen LogP contribution in [0.3, 0.4) is 0 Å². The van der Waals surface area contributed by atoms with Crippen LogP contribution < -0.4 is 10.1 Å². The van der Waals surface area contributed by atoms with Crippen LogP contribution in [0.4, 0.5) is 4.39 Å². The van der Waals surface area contributed by atoms with E-state index in [1.807, 2.05) is 37.3 Å². The summed E-state index contributed by atoms with van der Waals surface area (Å²) in [7, 11) is 0. The lowest BCUT2D eigenvalue weighted by Gasteiger charge is -2.08. The lowest BCUT2D eigenvalue weighted by atomic mass is 10.1. The van der Waals surface area contributed by atoms with Crippen molar-refractivity contribution in [2.75, 3.05) is 6.61 Å². The topological polar surface area (TPSA) is 64.4 Å². The summed E-state index contributed by atoms with van der Waals surface area (Å²) in [5, 5.41) is 2.86. The molecule has 0 aliphatic carbocycles. The van der Waals surface area contributed by atoms with Gasteiger partial charge in [0.2, 0.25) is 5.89 Å². The number of nitrogens with one attached hydrogen (secondary N) is 1. The maximum Gasteiger partial charge on any atom is 0.252 e. The number of amides is 1. The van der Waals surface area contributed by atoms with Gasteiger partial charge in [-0.05, 0) is 61.0 Å². The summed E-state index contributed by atoms with van der Waals surface area (Å²) in [6.45, 7) is 2.83. The number of carbonyl (C=O) groups is 1. The molecule has 0 unspecified atom stereocenters. The van der Waals surface area contributed by atoms with Gasteiger partial charge in [-0.3, -0.25) is 4.79 Å². The van der Waals surface area contributed by atoms with Crippen LogP contribution >= 0.6 is 0 Å². The second-order valence-electron chi connectivity index (χ2n) is 6.84. The van der Waals surface area contributed by atoms with E-state index in [1.165, 1.54) is 12.1 Å². The van der Waals surface area contributed by atoms with Crippen LogP contribution in [0.25, 0.3) is 22.8 Å². The Balaban J connectivity index is 1.53. The number of ether oxygens (including phenoxy) is 1. The number of hydrogen-bond acceptors (Lipinski definition) is 4. The fraction of sp³-hybridized carbons (Fsp3) is 0.120. The number of benzene rings is 3. The average molecular weight is 416 g/mol. The van der Waals surface area contributed by atoms with Gasteiger partial charge < -0.3 is 14.5 Å². The molecule has 1 amide bonds. The molecule has 1 heterocycles. The molecule has 0 bridgehead atoms. The maximum atomic E-state index is 13.1. The number of carbonyl (C=O) groups excluding carboxylic acids is 1. The van der Waals surface area contributed by atoms with Gasteiger partial charge in [-0.15, -0.1) is 0 Å². The predicted molar refractivity (Wildman–Crippen MR) is 116 cm³/mol. The summed E-state index contributed by atoms with van der Waals surface area (Å²) in [5.74, 6) is 1.17. The smallest absolute Gasteiger partial charge is 0.252 e. The van der Waals surface area contributed by atoms with Crippen molar-refractivity contribution in [2.45, 2.75) is 13.5 Å². The van der Waals surface area contributed by atoms with Crippen LogP contribution in [0.1, 0.15) is 22.8 Å². The molecular formula is C25H21FN2O3. The number of hydrogen-bond donors (Lipinski definition) is 1. The minimum absolute atomic E-state index is 0.263. The fourth-order valence-corrected chi connectivity index (χ4v) is 3.16. The summed E-state index contributed by atoms with van der Waals surface area (Å²) in [4.78, 5) is 17.2. The molecule has 4 aromatic rings. The van der Waals surface area contributed by atoms with Crippen molar-refractivity contribution in [2.24, 2.45) is 0 Å². The molecule has 3 aromatic carbocycles. The number of nitrogens with zero attached hydrogens (tertiary/aromatic N) is 1. The van der Waals surface area contributed by atoms with Crippen LogP contribution in [0, 0.1) is 5.82 Å². The van der Waals surface area contributed by atoms with Gasteiger partial charge in [0.05, 0.1) is 18.4 Å². The Labute approximate surface area is 179 Å². The zero-order valence-electron chi connectivity index (χ0n) is 17.0. The molecule has 0 saturated carbocycles. The van der Waals surface area contributed by atoms with Crippen LogP contribution in [0.5, 0.6) is 5.75 Å². The van der Waals surface area contributed by atoms with E-state index in [1.54, 1.807) is 36.5 Å². The predicted octanol–water partition coefficient (Wildman–Crippen LogP) is 5.48. The second kappa shape index (κ2) is 9.26. The first kappa shape index (κ1) is 20.3. The molecule has 0 aliphatic heterocycles. The molecule has 0 radical (unpaired) electrons. The van der Waals surface area contributed by atoms with Gasteiger partial charge in [0.25, 0.3) is 5.91 Å². The molecule has 31 heavy (non-hydrogen) atoms. The van der Waals surface area contributed by atoms with Crippen molar-refractivity contribution in [1.82, 2.24) is 10.3 Å². The molecule has 4 rings (SSSR count). The minimum Gasteiger partial charge on any atom is -0.494 e. The number of oxazole rings is 1. The van der Waals surface area contributed by atoms with Crippen LogP contribution in [-0.4, -0.2) is 17.5 Å². The lowest BCUT2D eigenvalue weighted by molar-refractivity contribution is 0.0951. The summed E-state index contributed by atoms with van der Waals surface area (Å²) in [5.41, 5.74) is 2.71. The molecule has 0 saturated heterocycles. The number of halogens is 1. The molecule has 0 aliphatic rings. The Hall–Kier alpha value is -3.93. The zero-order valence-corrected chi connectivity index (χ0v) is 17.0. The third-order valence-electron chi connectivity index (χ3n) is 4.72. The number of aromatic nitrogens is 1. The first-order valence-electron chi connectivity index (χ1n) is 9.95. The Bertz CT molecular complexity index is 1170. The Kier molecular flexibility index (Phi) is 6.08. The second-order valence-corrected chi connectivity index (χ2v) is 6.84. The maximum absolute atomic E-state index is 13.1. The summed E-state index contributed by atoms with van der Waals surface area (Å²) in [6, 6.07) is 20.7. The highest BCUT2D eigenvalue weighted by molar-refractivity contribution is 6.00. The molecule has 6 heteroatoms. The molecule has 0 atom stereocenters. The molecule has 156 valence electrons. The molecular weight excluding hydrogens is 395 g/mol. The van der Waals surface area contributed by atoms with Crippen molar-refractivity contribution >= 4 is 5.91 Å². The van der Waals surface area contributed by atoms with Gasteiger partial charge in [0.1, 0.15) is 11.6 Å². The lowest BCUT2D eigenvalue weighted by Crippen LogP contribution is -2.23. The molecule has 5 nitrogen and oxygen atoms in total. The highest BCUT2D eigenvalue weighted by Crippen LogP contribution is 2.29. The van der Waals surface area contributed by atoms with E-state index < -0.39 is 0 Å². The normalized spacial score (nSPS) is 10.6. The van der Waals surface area contributed by atoms with E-state index in [4.69, 9.17) is 9.15 Å². The van der Waals surface area contributed by atoms with Gasteiger partial charge in [0.15, 0.2) is 5.76 Å². The first-order chi connectivity index (χ1) is 15.1. The third-order valence-corrected chi connectivity index (χ3v) is 4.72. The van der Waals surface area contributed by atoms with E-state index in [2.05, 4.69) is 10.3 Å². The highest BCUT2D eigenvalue weighted by atomic mass is 19.1. The monoisotopic (exact) mass is 416 g/mol. The van der Waals surface area contributed by atoms with Crippen molar-refractivity contribution in [3.8, 4) is 28.5 Å². The van der Waals surface area contributed by atoms with Crippen LogP contribution in [0.15, 0.2) is 83.4 Å². The molecule has 0 spiro atoms. The van der Waals surface area contributed by atoms with Gasteiger partial charge >= 0.3 is 0 Å². The van der Waals surface area contributed by atoms with Crippen molar-refractivity contribution < 1.29 is 18.3 Å². The van der Waals surface area contributed by atoms with Crippen molar-refractivity contribution in [1.29, 1.82) is 0 Å². The van der Waals surface area contributed by atoms with Gasteiger partial charge in [-0.1, -0.05) is 24.3 Å². The standard InChI is InChI=1S/C25H21FN2O3/c1-2-30-20-13-9-18(10-14-20)23-16-28-25(31-23)22-6-4-3-5-21(22)24(29)27-15-17-7-11-19(26)12-8-17/h3-14,16H,2,15H2,1H3,(H,27,29). The molecule has 1 N–H and O–H groups in total. The van der Waals surface area contributed by atoms with E-state index in [-0.39, 0.29) is 18.3 Å². The van der Waals surface area contributed by atoms with E-state index in [0.29, 0.717) is 29.4 Å². The van der Waals surface area contributed by atoms with Crippen LogP contribution in [0.2, 0.25) is 0 Å². The summed E-state index contributed by atoms with van der Waals surface area (Å²) >= 11 is 0. The minimum atomic E-state index is -0.312. The average Bonchev–Trinajstić information content (AvgIpc) is 3.29. The SMILES string of the molecule is CCOc1ccc(-c2cnc(-c3ccccc3C(=O)NCc3ccc(F)cc3)o2)cc1. The van der Waals surface area contributed by atoms with Gasteiger partial charge in [0, 0.05) is 17.7 Å². The first-order valence-corrected chi connectivity index (χ1v) is 9.95. The Morgan fingerprint density at radius 3 is 2.52 bits per heavy atom. The Morgan fingerprint density at radius 1 is 1.03 bits per heavy atom. The van der Waals surface area contributed by atoms with Gasteiger partial charge in [-0.2, -0.15) is 0 Å².